The van der Waals surface area contributed by atoms with Gasteiger partial charge in [-0.1, -0.05) is 17.2 Å². The number of carbonyl (C=O) groups excluding carboxylic acids is 1. The van der Waals surface area contributed by atoms with E-state index in [9.17, 15) is 9.90 Å². The van der Waals surface area contributed by atoms with Crippen molar-refractivity contribution < 1.29 is 14.6 Å². The number of benzene rings is 1. The standard InChI is InChI=1S/C15H14ClN3O3/c1-9(2)7-12(21)19-14-13(16)15(18-8-17-14)22-11-5-3-10(20)4-6-11/h3-8,20H,1-2H3,(H,17,18,19,21). The van der Waals surface area contributed by atoms with Gasteiger partial charge in [0.05, 0.1) is 0 Å². The van der Waals surface area contributed by atoms with Gasteiger partial charge in [-0.15, -0.1) is 0 Å². The number of rotatable bonds is 4. The predicted octanol–water partition coefficient (Wildman–Crippen LogP) is 3.53. The highest BCUT2D eigenvalue weighted by Crippen LogP contribution is 2.31. The highest BCUT2D eigenvalue weighted by atomic mass is 35.5. The molecule has 7 heteroatoms. The minimum absolute atomic E-state index is 0.0890. The van der Waals surface area contributed by atoms with Gasteiger partial charge in [-0.05, 0) is 38.1 Å². The number of hydrogen-bond acceptors (Lipinski definition) is 5. The molecule has 0 saturated heterocycles. The smallest absolute Gasteiger partial charge is 0.249 e. The molecule has 2 aromatic rings. The summed E-state index contributed by atoms with van der Waals surface area (Å²) in [5.41, 5.74) is 0.850. The van der Waals surface area contributed by atoms with Gasteiger partial charge >= 0.3 is 0 Å². The average Bonchev–Trinajstić information content (AvgIpc) is 2.45. The first-order valence-electron chi connectivity index (χ1n) is 6.39. The lowest BCUT2D eigenvalue weighted by Crippen LogP contribution is -2.11. The fourth-order valence-electron chi connectivity index (χ4n) is 1.55. The molecule has 1 aromatic heterocycles. The van der Waals surface area contributed by atoms with Gasteiger partial charge in [0, 0.05) is 6.08 Å². The molecule has 0 aliphatic rings. The SMILES string of the molecule is CC(C)=CC(=O)Nc1ncnc(Oc2ccc(O)cc2)c1Cl. The summed E-state index contributed by atoms with van der Waals surface area (Å²) in [6, 6.07) is 6.08. The summed E-state index contributed by atoms with van der Waals surface area (Å²) in [5, 5.41) is 11.9. The summed E-state index contributed by atoms with van der Waals surface area (Å²) in [5.74, 6) is 0.495. The van der Waals surface area contributed by atoms with Crippen molar-refractivity contribution >= 4 is 23.3 Å². The molecule has 0 aliphatic heterocycles. The molecule has 0 saturated carbocycles. The molecule has 1 amide bonds. The van der Waals surface area contributed by atoms with Crippen LogP contribution in [0, 0.1) is 0 Å². The summed E-state index contributed by atoms with van der Waals surface area (Å²) in [6.07, 6.45) is 2.67. The molecule has 1 aromatic carbocycles. The highest BCUT2D eigenvalue weighted by molar-refractivity contribution is 6.34. The van der Waals surface area contributed by atoms with Crippen LogP contribution in [0.5, 0.6) is 17.4 Å². The van der Waals surface area contributed by atoms with Crippen LogP contribution in [0.3, 0.4) is 0 Å². The van der Waals surface area contributed by atoms with E-state index >= 15 is 0 Å². The number of nitrogens with zero attached hydrogens (tertiary/aromatic N) is 2. The Morgan fingerprint density at radius 3 is 2.59 bits per heavy atom. The summed E-state index contributed by atoms with van der Waals surface area (Å²) in [4.78, 5) is 19.6. The van der Waals surface area contributed by atoms with Crippen LogP contribution in [0.4, 0.5) is 5.82 Å². The number of phenolic OH excluding ortho intramolecular Hbond substituents is 1. The number of hydrogen-bond donors (Lipinski definition) is 2. The molecule has 1 heterocycles. The van der Waals surface area contributed by atoms with Gasteiger partial charge in [-0.3, -0.25) is 4.79 Å². The molecule has 22 heavy (non-hydrogen) atoms. The zero-order chi connectivity index (χ0) is 16.1. The lowest BCUT2D eigenvalue weighted by Gasteiger charge is -2.09. The van der Waals surface area contributed by atoms with Gasteiger partial charge in [-0.2, -0.15) is 4.98 Å². The molecule has 0 radical (unpaired) electrons. The van der Waals surface area contributed by atoms with E-state index in [1.165, 1.54) is 24.5 Å². The number of halogens is 1. The zero-order valence-electron chi connectivity index (χ0n) is 12.0. The van der Waals surface area contributed by atoms with Crippen LogP contribution >= 0.6 is 11.6 Å². The second-order valence-electron chi connectivity index (χ2n) is 4.65. The number of aromatic hydroxyl groups is 1. The lowest BCUT2D eigenvalue weighted by molar-refractivity contribution is -0.112. The summed E-state index contributed by atoms with van der Waals surface area (Å²) in [7, 11) is 0. The Labute approximate surface area is 132 Å². The Kier molecular flexibility index (Phi) is 4.95. The predicted molar refractivity (Wildman–Crippen MR) is 83.3 cm³/mol. The van der Waals surface area contributed by atoms with E-state index in [1.807, 2.05) is 0 Å². The van der Waals surface area contributed by atoms with Crippen LogP contribution in [0.25, 0.3) is 0 Å². The monoisotopic (exact) mass is 319 g/mol. The first kappa shape index (κ1) is 15.8. The van der Waals surface area contributed by atoms with Crippen LogP contribution in [0.15, 0.2) is 42.2 Å². The minimum Gasteiger partial charge on any atom is -0.508 e. The van der Waals surface area contributed by atoms with E-state index in [2.05, 4.69) is 15.3 Å². The molecular formula is C15H14ClN3O3. The molecular weight excluding hydrogens is 306 g/mol. The van der Waals surface area contributed by atoms with Gasteiger partial charge < -0.3 is 15.2 Å². The Morgan fingerprint density at radius 2 is 1.95 bits per heavy atom. The second-order valence-corrected chi connectivity index (χ2v) is 5.03. The van der Waals surface area contributed by atoms with Crippen LogP contribution < -0.4 is 10.1 Å². The Morgan fingerprint density at radius 1 is 1.27 bits per heavy atom. The third kappa shape index (κ3) is 4.20. The number of anilines is 1. The molecule has 0 unspecified atom stereocenters. The quantitative estimate of drug-likeness (QED) is 0.842. The van der Waals surface area contributed by atoms with E-state index < -0.39 is 0 Å². The molecule has 0 fully saturated rings. The van der Waals surface area contributed by atoms with Crippen molar-refractivity contribution in [1.29, 1.82) is 0 Å². The topological polar surface area (TPSA) is 84.3 Å². The number of nitrogens with one attached hydrogen (secondary N) is 1. The fraction of sp³-hybridized carbons (Fsp3) is 0.133. The molecule has 2 N–H and O–H groups in total. The summed E-state index contributed by atoms with van der Waals surface area (Å²) in [6.45, 7) is 3.61. The van der Waals surface area contributed by atoms with Crippen molar-refractivity contribution in [3.05, 3.63) is 47.3 Å². The van der Waals surface area contributed by atoms with E-state index in [0.29, 0.717) is 5.75 Å². The molecule has 114 valence electrons. The van der Waals surface area contributed by atoms with E-state index in [0.717, 1.165) is 5.57 Å². The summed E-state index contributed by atoms with van der Waals surface area (Å²) < 4.78 is 5.51. The molecule has 0 spiro atoms. The minimum atomic E-state index is -0.337. The van der Waals surface area contributed by atoms with Crippen molar-refractivity contribution in [3.63, 3.8) is 0 Å². The van der Waals surface area contributed by atoms with Crippen LogP contribution in [-0.2, 0) is 4.79 Å². The molecule has 0 aliphatic carbocycles. The number of ether oxygens (including phenoxy) is 1. The third-order valence-corrected chi connectivity index (χ3v) is 2.81. The highest BCUT2D eigenvalue weighted by Gasteiger charge is 2.13. The normalized spacial score (nSPS) is 9.95. The maximum Gasteiger partial charge on any atom is 0.249 e. The second kappa shape index (κ2) is 6.91. The number of aromatic nitrogens is 2. The van der Waals surface area contributed by atoms with Gasteiger partial charge in [0.25, 0.3) is 0 Å². The largest absolute Gasteiger partial charge is 0.508 e. The average molecular weight is 320 g/mol. The molecule has 2 rings (SSSR count). The van der Waals surface area contributed by atoms with Crippen molar-refractivity contribution in [2.75, 3.05) is 5.32 Å². The van der Waals surface area contributed by atoms with Gasteiger partial charge in [-0.25, -0.2) is 4.98 Å². The van der Waals surface area contributed by atoms with Crippen molar-refractivity contribution in [2.45, 2.75) is 13.8 Å². The third-order valence-electron chi connectivity index (χ3n) is 2.47. The van der Waals surface area contributed by atoms with E-state index in [-0.39, 0.29) is 28.4 Å². The van der Waals surface area contributed by atoms with Gasteiger partial charge in [0.1, 0.15) is 22.8 Å². The van der Waals surface area contributed by atoms with Crippen LogP contribution in [0.2, 0.25) is 5.02 Å². The lowest BCUT2D eigenvalue weighted by atomic mass is 10.3. The number of phenols is 1. The van der Waals surface area contributed by atoms with Crippen LogP contribution in [-0.4, -0.2) is 21.0 Å². The fourth-order valence-corrected chi connectivity index (χ4v) is 1.74. The first-order valence-corrected chi connectivity index (χ1v) is 6.77. The van der Waals surface area contributed by atoms with Crippen LogP contribution in [0.1, 0.15) is 13.8 Å². The summed E-state index contributed by atoms with van der Waals surface area (Å²) >= 11 is 6.14. The van der Waals surface area contributed by atoms with Gasteiger partial charge in [0.15, 0.2) is 5.82 Å². The Balaban J connectivity index is 2.20. The molecule has 6 nitrogen and oxygen atoms in total. The van der Waals surface area contributed by atoms with Crippen molar-refractivity contribution in [2.24, 2.45) is 0 Å². The maximum atomic E-state index is 11.7. The Hall–Kier alpha value is -2.60. The Bertz CT molecular complexity index is 710. The van der Waals surface area contributed by atoms with E-state index in [4.69, 9.17) is 16.3 Å². The maximum absolute atomic E-state index is 11.7. The van der Waals surface area contributed by atoms with Crippen molar-refractivity contribution in [1.82, 2.24) is 9.97 Å². The number of carbonyl (C=O) groups is 1. The number of amides is 1. The zero-order valence-corrected chi connectivity index (χ0v) is 12.8. The molecule has 0 atom stereocenters. The first-order chi connectivity index (χ1) is 10.5. The van der Waals surface area contributed by atoms with E-state index in [1.54, 1.807) is 26.0 Å². The van der Waals surface area contributed by atoms with Crippen molar-refractivity contribution in [3.8, 4) is 17.4 Å². The number of allylic oxidation sites excluding steroid dienone is 1. The van der Waals surface area contributed by atoms with Gasteiger partial charge in [0.2, 0.25) is 11.8 Å². The molecule has 0 bridgehead atoms.